The molecule has 1 aromatic rings. The molecule has 0 amide bonds. The molecule has 0 saturated heterocycles. The SMILES string of the molecule is N#Cc1cc([N+](=O)[O-])cc(CC(=O)O)c1N. The molecule has 0 aliphatic heterocycles. The van der Waals surface area contributed by atoms with E-state index < -0.39 is 17.3 Å². The van der Waals surface area contributed by atoms with Crippen LogP contribution in [0.3, 0.4) is 0 Å². The second kappa shape index (κ2) is 4.27. The zero-order valence-corrected chi connectivity index (χ0v) is 8.01. The minimum Gasteiger partial charge on any atom is -0.481 e. The Morgan fingerprint density at radius 3 is 2.69 bits per heavy atom. The van der Waals surface area contributed by atoms with Crippen LogP contribution in [0.4, 0.5) is 11.4 Å². The number of non-ortho nitro benzene ring substituents is 1. The van der Waals surface area contributed by atoms with Crippen molar-refractivity contribution in [2.75, 3.05) is 5.73 Å². The van der Waals surface area contributed by atoms with E-state index in [1.807, 2.05) is 0 Å². The van der Waals surface area contributed by atoms with Gasteiger partial charge in [0, 0.05) is 12.1 Å². The Morgan fingerprint density at radius 1 is 1.62 bits per heavy atom. The Balaban J connectivity index is 3.36. The molecule has 7 heteroatoms. The van der Waals surface area contributed by atoms with E-state index in [0.717, 1.165) is 12.1 Å². The molecule has 7 nitrogen and oxygen atoms in total. The van der Waals surface area contributed by atoms with E-state index in [9.17, 15) is 14.9 Å². The number of nitrogen functional groups attached to an aromatic ring is 1. The molecule has 0 atom stereocenters. The average Bonchev–Trinajstić information content (AvgIpc) is 2.20. The van der Waals surface area contributed by atoms with E-state index in [2.05, 4.69) is 0 Å². The van der Waals surface area contributed by atoms with Gasteiger partial charge in [-0.2, -0.15) is 5.26 Å². The van der Waals surface area contributed by atoms with Crippen LogP contribution >= 0.6 is 0 Å². The fourth-order valence-corrected chi connectivity index (χ4v) is 1.20. The molecule has 0 bridgehead atoms. The van der Waals surface area contributed by atoms with Gasteiger partial charge < -0.3 is 10.8 Å². The number of nitro groups is 1. The number of nitriles is 1. The van der Waals surface area contributed by atoms with E-state index in [4.69, 9.17) is 16.1 Å². The second-order valence-corrected chi connectivity index (χ2v) is 3.01. The van der Waals surface area contributed by atoms with Crippen LogP contribution in [0.5, 0.6) is 0 Å². The van der Waals surface area contributed by atoms with Crippen LogP contribution in [0.25, 0.3) is 0 Å². The third kappa shape index (κ3) is 2.24. The number of nitrogens with zero attached hydrogens (tertiary/aromatic N) is 2. The smallest absolute Gasteiger partial charge is 0.307 e. The summed E-state index contributed by atoms with van der Waals surface area (Å²) in [7, 11) is 0. The minimum absolute atomic E-state index is 0.0319. The van der Waals surface area contributed by atoms with Crippen LogP contribution in [0.2, 0.25) is 0 Å². The molecule has 3 N–H and O–H groups in total. The molecule has 0 aliphatic carbocycles. The van der Waals surface area contributed by atoms with Crippen molar-refractivity contribution in [3.05, 3.63) is 33.4 Å². The summed E-state index contributed by atoms with van der Waals surface area (Å²) >= 11 is 0. The molecule has 16 heavy (non-hydrogen) atoms. The average molecular weight is 221 g/mol. The highest BCUT2D eigenvalue weighted by Crippen LogP contribution is 2.24. The number of benzene rings is 1. The van der Waals surface area contributed by atoms with Crippen molar-refractivity contribution in [3.63, 3.8) is 0 Å². The molecule has 0 aliphatic rings. The van der Waals surface area contributed by atoms with E-state index in [0.29, 0.717) is 0 Å². The minimum atomic E-state index is -1.17. The van der Waals surface area contributed by atoms with Crippen molar-refractivity contribution in [2.45, 2.75) is 6.42 Å². The number of rotatable bonds is 3. The van der Waals surface area contributed by atoms with E-state index in [1.165, 1.54) is 0 Å². The number of nitrogens with two attached hydrogens (primary N) is 1. The molecule has 1 aromatic carbocycles. The summed E-state index contributed by atoms with van der Waals surface area (Å²) in [5.41, 5.74) is 5.10. The number of hydrogen-bond donors (Lipinski definition) is 2. The number of hydrogen-bond acceptors (Lipinski definition) is 5. The van der Waals surface area contributed by atoms with Crippen LogP contribution in [0.15, 0.2) is 12.1 Å². The first-order valence-electron chi connectivity index (χ1n) is 4.14. The lowest BCUT2D eigenvalue weighted by molar-refractivity contribution is -0.384. The monoisotopic (exact) mass is 221 g/mol. The summed E-state index contributed by atoms with van der Waals surface area (Å²) in [5, 5.41) is 27.8. The van der Waals surface area contributed by atoms with Crippen LogP contribution in [-0.4, -0.2) is 16.0 Å². The Labute approximate surface area is 89.9 Å². The Kier molecular flexibility index (Phi) is 3.06. The predicted octanol–water partition coefficient (Wildman–Crippen LogP) is 0.676. The normalized spacial score (nSPS) is 9.44. The second-order valence-electron chi connectivity index (χ2n) is 3.01. The molecule has 82 valence electrons. The van der Waals surface area contributed by atoms with Crippen molar-refractivity contribution in [1.82, 2.24) is 0 Å². The van der Waals surface area contributed by atoms with Gasteiger partial charge in [-0.1, -0.05) is 0 Å². The van der Waals surface area contributed by atoms with Gasteiger partial charge in [-0.3, -0.25) is 14.9 Å². The summed E-state index contributed by atoms with van der Waals surface area (Å²) in [4.78, 5) is 20.3. The van der Waals surface area contributed by atoms with Gasteiger partial charge in [0.15, 0.2) is 0 Å². The third-order valence-corrected chi connectivity index (χ3v) is 1.92. The zero-order chi connectivity index (χ0) is 12.3. The highest BCUT2D eigenvalue weighted by Gasteiger charge is 2.16. The van der Waals surface area contributed by atoms with Gasteiger partial charge in [-0.05, 0) is 5.56 Å². The van der Waals surface area contributed by atoms with Crippen molar-refractivity contribution in [2.24, 2.45) is 0 Å². The number of carboxylic acid groups (broad SMARTS) is 1. The molecule has 0 spiro atoms. The third-order valence-electron chi connectivity index (χ3n) is 1.92. The van der Waals surface area contributed by atoms with Gasteiger partial charge in [0.1, 0.15) is 6.07 Å². The quantitative estimate of drug-likeness (QED) is 0.438. The summed E-state index contributed by atoms with van der Waals surface area (Å²) in [5.74, 6) is -1.17. The van der Waals surface area contributed by atoms with Crippen LogP contribution in [0.1, 0.15) is 11.1 Å². The summed E-state index contributed by atoms with van der Waals surface area (Å²) in [6.45, 7) is 0. The highest BCUT2D eigenvalue weighted by molar-refractivity contribution is 5.75. The van der Waals surface area contributed by atoms with Crippen LogP contribution in [0, 0.1) is 21.4 Å². The molecular weight excluding hydrogens is 214 g/mol. The maximum Gasteiger partial charge on any atom is 0.307 e. The number of carbonyl (C=O) groups is 1. The summed E-state index contributed by atoms with van der Waals surface area (Å²) in [6, 6.07) is 3.76. The summed E-state index contributed by atoms with van der Waals surface area (Å²) in [6.07, 6.45) is -0.456. The molecule has 1 rings (SSSR count). The molecule has 0 heterocycles. The molecule has 0 unspecified atom stereocenters. The van der Waals surface area contributed by atoms with Crippen molar-refractivity contribution >= 4 is 17.3 Å². The topological polar surface area (TPSA) is 130 Å². The van der Waals surface area contributed by atoms with Gasteiger partial charge in [-0.25, -0.2) is 0 Å². The summed E-state index contributed by atoms with van der Waals surface area (Å²) < 4.78 is 0. The van der Waals surface area contributed by atoms with E-state index in [-0.39, 0.29) is 22.5 Å². The van der Waals surface area contributed by atoms with E-state index >= 15 is 0 Å². The van der Waals surface area contributed by atoms with Crippen LogP contribution in [-0.2, 0) is 11.2 Å². The van der Waals surface area contributed by atoms with E-state index in [1.54, 1.807) is 6.07 Å². The maximum absolute atomic E-state index is 10.5. The van der Waals surface area contributed by atoms with Gasteiger partial charge in [0.05, 0.1) is 22.6 Å². The fraction of sp³-hybridized carbons (Fsp3) is 0.111. The molecule has 0 aromatic heterocycles. The number of anilines is 1. The molecular formula is C9H7N3O4. The van der Waals surface area contributed by atoms with Gasteiger partial charge in [0.25, 0.3) is 5.69 Å². The Bertz CT molecular complexity index is 504. The lowest BCUT2D eigenvalue weighted by Crippen LogP contribution is -2.06. The highest BCUT2D eigenvalue weighted by atomic mass is 16.6. The molecule has 0 fully saturated rings. The lowest BCUT2D eigenvalue weighted by atomic mass is 10.0. The van der Waals surface area contributed by atoms with Crippen LogP contribution < -0.4 is 5.73 Å². The van der Waals surface area contributed by atoms with Gasteiger partial charge in [0.2, 0.25) is 0 Å². The van der Waals surface area contributed by atoms with Gasteiger partial charge in [-0.15, -0.1) is 0 Å². The molecule has 0 radical (unpaired) electrons. The largest absolute Gasteiger partial charge is 0.481 e. The first kappa shape index (κ1) is 11.5. The predicted molar refractivity (Wildman–Crippen MR) is 53.6 cm³/mol. The van der Waals surface area contributed by atoms with Gasteiger partial charge >= 0.3 is 5.97 Å². The fourth-order valence-electron chi connectivity index (χ4n) is 1.20. The standard InChI is InChI=1S/C9H7N3O4/c10-4-6-2-7(12(15)16)1-5(9(6)11)3-8(13)14/h1-2H,3,11H2,(H,13,14). The molecule has 0 saturated carbocycles. The number of aliphatic carboxylic acids is 1. The first-order valence-corrected chi connectivity index (χ1v) is 4.14. The van der Waals surface area contributed by atoms with Crippen molar-refractivity contribution in [3.8, 4) is 6.07 Å². The Morgan fingerprint density at radius 2 is 2.25 bits per heavy atom. The van der Waals surface area contributed by atoms with Crippen molar-refractivity contribution < 1.29 is 14.8 Å². The number of nitro benzene ring substituents is 1. The maximum atomic E-state index is 10.5. The number of carboxylic acids is 1. The zero-order valence-electron chi connectivity index (χ0n) is 8.01. The van der Waals surface area contributed by atoms with Crippen molar-refractivity contribution in [1.29, 1.82) is 5.26 Å². The Hall–Kier alpha value is -2.62. The first-order chi connectivity index (χ1) is 7.45. The lowest BCUT2D eigenvalue weighted by Gasteiger charge is -2.04.